The Morgan fingerprint density at radius 3 is 2.53 bits per heavy atom. The minimum absolute atomic E-state index is 0.716. The quantitative estimate of drug-likeness (QED) is 0.820. The Balaban J connectivity index is 2.12. The van der Waals surface area contributed by atoms with Crippen molar-refractivity contribution >= 4 is 18.9 Å². The van der Waals surface area contributed by atoms with Crippen LogP contribution in [0.25, 0.3) is 5.57 Å². The minimum atomic E-state index is 0.716. The van der Waals surface area contributed by atoms with Crippen LogP contribution in [0.15, 0.2) is 35.0 Å². The van der Waals surface area contributed by atoms with E-state index in [9.17, 15) is 0 Å². The molecule has 2 N–H and O–H groups in total. The van der Waals surface area contributed by atoms with Crippen LogP contribution in [0.4, 0.5) is 0 Å². The molecule has 2 heteroatoms. The molecule has 2 aliphatic carbocycles. The Morgan fingerprint density at radius 1 is 1.26 bits per heavy atom. The molecule has 1 aromatic rings. The maximum Gasteiger partial charge on any atom is 0.139 e. The van der Waals surface area contributed by atoms with Crippen LogP contribution >= 0.6 is 0 Å². The average Bonchev–Trinajstić information content (AvgIpc) is 3.24. The molecular formula is C17H22BN. The van der Waals surface area contributed by atoms with Crippen LogP contribution in [0.5, 0.6) is 0 Å². The first-order chi connectivity index (χ1) is 9.08. The molecule has 0 heterocycles. The van der Waals surface area contributed by atoms with Gasteiger partial charge in [-0.25, -0.2) is 0 Å². The molecule has 0 saturated heterocycles. The highest BCUT2D eigenvalue weighted by atomic mass is 14.6. The second kappa shape index (κ2) is 4.59. The first-order valence-electron chi connectivity index (χ1n) is 7.34. The molecule has 0 amide bonds. The summed E-state index contributed by atoms with van der Waals surface area (Å²) in [7, 11) is 2.16. The lowest BCUT2D eigenvalue weighted by Crippen LogP contribution is -2.08. The molecule has 0 atom stereocenters. The van der Waals surface area contributed by atoms with Gasteiger partial charge in [-0.15, -0.1) is 0 Å². The molecule has 0 aromatic heterocycles. The van der Waals surface area contributed by atoms with E-state index in [-0.39, 0.29) is 0 Å². The van der Waals surface area contributed by atoms with E-state index in [0.717, 1.165) is 5.70 Å². The van der Waals surface area contributed by atoms with Gasteiger partial charge in [-0.1, -0.05) is 23.7 Å². The molecule has 1 nitrogen and oxygen atoms in total. The van der Waals surface area contributed by atoms with Gasteiger partial charge in [0.05, 0.1) is 0 Å². The largest absolute Gasteiger partial charge is 0.399 e. The number of allylic oxidation sites excluding steroid dienone is 3. The van der Waals surface area contributed by atoms with Gasteiger partial charge in [-0.05, 0) is 73.3 Å². The molecule has 3 rings (SSSR count). The fourth-order valence-corrected chi connectivity index (χ4v) is 2.91. The Morgan fingerprint density at radius 2 is 1.95 bits per heavy atom. The summed E-state index contributed by atoms with van der Waals surface area (Å²) in [6.45, 7) is 4.45. The van der Waals surface area contributed by atoms with Gasteiger partial charge in [-0.2, -0.15) is 0 Å². The zero-order valence-corrected chi connectivity index (χ0v) is 12.2. The highest BCUT2D eigenvalue weighted by Gasteiger charge is 2.32. The lowest BCUT2D eigenvalue weighted by molar-refractivity contribution is 1.000. The molecule has 2 saturated carbocycles. The molecule has 2 fully saturated rings. The highest BCUT2D eigenvalue weighted by molar-refractivity contribution is 6.32. The van der Waals surface area contributed by atoms with Gasteiger partial charge in [0.15, 0.2) is 0 Å². The molecule has 0 spiro atoms. The summed E-state index contributed by atoms with van der Waals surface area (Å²) >= 11 is 0. The summed E-state index contributed by atoms with van der Waals surface area (Å²) < 4.78 is 0. The van der Waals surface area contributed by atoms with Crippen molar-refractivity contribution in [3.05, 3.63) is 46.2 Å². The van der Waals surface area contributed by atoms with Gasteiger partial charge in [-0.3, -0.25) is 0 Å². The van der Waals surface area contributed by atoms with E-state index in [0.29, 0.717) is 5.92 Å². The van der Waals surface area contributed by atoms with Crippen LogP contribution in [0.3, 0.4) is 0 Å². The SMILES string of the molecule is Bc1ccc(C)c(/C(C)=C(/C(N)=C2CC2)C2CC2)c1. The normalized spacial score (nSPS) is 19.2. The second-order valence-corrected chi connectivity index (χ2v) is 6.15. The van der Waals surface area contributed by atoms with E-state index in [1.165, 1.54) is 59.0 Å². The highest BCUT2D eigenvalue weighted by Crippen LogP contribution is 2.46. The Labute approximate surface area is 117 Å². The topological polar surface area (TPSA) is 26.0 Å². The van der Waals surface area contributed by atoms with Gasteiger partial charge < -0.3 is 5.73 Å². The zero-order valence-electron chi connectivity index (χ0n) is 12.2. The van der Waals surface area contributed by atoms with E-state index in [1.807, 2.05) is 0 Å². The molecule has 0 aliphatic heterocycles. The van der Waals surface area contributed by atoms with E-state index in [1.54, 1.807) is 0 Å². The number of rotatable bonds is 3. The molecule has 0 bridgehead atoms. The third-order valence-electron chi connectivity index (χ3n) is 4.36. The van der Waals surface area contributed by atoms with Gasteiger partial charge in [0.1, 0.15) is 7.85 Å². The minimum Gasteiger partial charge on any atom is -0.399 e. The van der Waals surface area contributed by atoms with E-state index in [4.69, 9.17) is 5.73 Å². The molecule has 0 radical (unpaired) electrons. The fourth-order valence-electron chi connectivity index (χ4n) is 2.91. The maximum atomic E-state index is 6.41. The number of nitrogens with two attached hydrogens (primary N) is 1. The Kier molecular flexibility index (Phi) is 3.04. The third-order valence-corrected chi connectivity index (χ3v) is 4.36. The van der Waals surface area contributed by atoms with E-state index in [2.05, 4.69) is 39.9 Å². The van der Waals surface area contributed by atoms with Crippen molar-refractivity contribution in [2.45, 2.75) is 39.5 Å². The number of hydrogen-bond acceptors (Lipinski definition) is 1. The lowest BCUT2D eigenvalue weighted by atomic mass is 9.87. The van der Waals surface area contributed by atoms with E-state index >= 15 is 0 Å². The van der Waals surface area contributed by atoms with Crippen molar-refractivity contribution in [2.24, 2.45) is 11.7 Å². The summed E-state index contributed by atoms with van der Waals surface area (Å²) in [4.78, 5) is 0. The van der Waals surface area contributed by atoms with Crippen LogP contribution in [0, 0.1) is 12.8 Å². The van der Waals surface area contributed by atoms with Gasteiger partial charge in [0.25, 0.3) is 0 Å². The standard InChI is InChI=1S/C17H22BN/c1-10-3-8-14(18)9-15(10)11(2)16(12-4-5-12)17(19)13-6-7-13/h3,8-9,12H,4-7,18-19H2,1-2H3/b16-11+. The average molecular weight is 251 g/mol. The van der Waals surface area contributed by atoms with Crippen molar-refractivity contribution < 1.29 is 0 Å². The number of benzene rings is 1. The Bertz CT molecular complexity index is 585. The lowest BCUT2D eigenvalue weighted by Gasteiger charge is -2.15. The smallest absolute Gasteiger partial charge is 0.139 e. The van der Waals surface area contributed by atoms with Crippen molar-refractivity contribution in [3.8, 4) is 0 Å². The van der Waals surface area contributed by atoms with Crippen molar-refractivity contribution in [2.75, 3.05) is 0 Å². The summed E-state index contributed by atoms with van der Waals surface area (Å²) in [5.74, 6) is 0.716. The van der Waals surface area contributed by atoms with Gasteiger partial charge >= 0.3 is 0 Å². The van der Waals surface area contributed by atoms with Crippen LogP contribution in [0.2, 0.25) is 0 Å². The second-order valence-electron chi connectivity index (χ2n) is 6.15. The number of hydrogen-bond donors (Lipinski definition) is 1. The van der Waals surface area contributed by atoms with Crippen molar-refractivity contribution in [1.29, 1.82) is 0 Å². The van der Waals surface area contributed by atoms with Gasteiger partial charge in [0.2, 0.25) is 0 Å². The van der Waals surface area contributed by atoms with Crippen molar-refractivity contribution in [1.82, 2.24) is 0 Å². The van der Waals surface area contributed by atoms with E-state index < -0.39 is 0 Å². The summed E-state index contributed by atoms with van der Waals surface area (Å²) in [6.07, 6.45) is 5.04. The fraction of sp³-hybridized carbons (Fsp3) is 0.412. The van der Waals surface area contributed by atoms with Gasteiger partial charge in [0, 0.05) is 5.70 Å². The monoisotopic (exact) mass is 251 g/mol. The maximum absolute atomic E-state index is 6.41. The van der Waals surface area contributed by atoms with Crippen molar-refractivity contribution in [3.63, 3.8) is 0 Å². The first-order valence-corrected chi connectivity index (χ1v) is 7.34. The van der Waals surface area contributed by atoms with Crippen LogP contribution < -0.4 is 11.2 Å². The van der Waals surface area contributed by atoms with Crippen LogP contribution in [0.1, 0.15) is 43.7 Å². The number of aryl methyl sites for hydroxylation is 1. The zero-order chi connectivity index (χ0) is 13.6. The predicted octanol–water partition coefficient (Wildman–Crippen LogP) is 2.44. The molecule has 0 unspecified atom stereocenters. The van der Waals surface area contributed by atoms with Crippen LogP contribution in [-0.2, 0) is 0 Å². The summed E-state index contributed by atoms with van der Waals surface area (Å²) in [5, 5.41) is 0. The molecule has 1 aromatic carbocycles. The molecular weight excluding hydrogens is 229 g/mol. The predicted molar refractivity (Wildman–Crippen MR) is 85.1 cm³/mol. The third kappa shape index (κ3) is 2.49. The molecule has 19 heavy (non-hydrogen) atoms. The van der Waals surface area contributed by atoms with Crippen LogP contribution in [-0.4, -0.2) is 7.85 Å². The summed E-state index contributed by atoms with van der Waals surface area (Å²) in [5.41, 5.74) is 15.9. The first kappa shape index (κ1) is 12.6. The molecule has 98 valence electrons. The molecule has 2 aliphatic rings. The summed E-state index contributed by atoms with van der Waals surface area (Å²) in [6, 6.07) is 6.71. The Hall–Kier alpha value is -1.44.